The average molecular weight is 384 g/mol. The van der Waals surface area contributed by atoms with Crippen molar-refractivity contribution in [1.82, 2.24) is 9.97 Å². The molecule has 0 aliphatic carbocycles. The molecule has 0 saturated carbocycles. The quantitative estimate of drug-likeness (QED) is 0.315. The van der Waals surface area contributed by atoms with Gasteiger partial charge in [-0.2, -0.15) is 15.1 Å². The van der Waals surface area contributed by atoms with E-state index in [2.05, 4.69) is 75.1 Å². The fourth-order valence-corrected chi connectivity index (χ4v) is 3.26. The van der Waals surface area contributed by atoms with Crippen molar-refractivity contribution in [2.45, 2.75) is 0 Å². The summed E-state index contributed by atoms with van der Waals surface area (Å²) in [6, 6.07) is 20.8. The topological polar surface area (TPSA) is 56.6 Å². The molecule has 1 aromatic heterocycles. The minimum Gasteiger partial charge on any atom is -0.363 e. The van der Waals surface area contributed by atoms with Crippen LogP contribution in [0.3, 0.4) is 0 Å². The standard InChI is InChI=1S/C23H24N6/c1-28(2)22-14-21(25-23(26-22)29(3)4)27-24-15-20-18-11-7-5-9-16(18)13-17-10-6-8-12-19(17)20/h5-15H,1-4H3,(H,25,26,27)/b24-15-. The highest BCUT2D eigenvalue weighted by atomic mass is 15.3. The molecule has 4 aromatic rings. The monoisotopic (exact) mass is 384 g/mol. The van der Waals surface area contributed by atoms with Gasteiger partial charge >= 0.3 is 0 Å². The summed E-state index contributed by atoms with van der Waals surface area (Å²) >= 11 is 0. The van der Waals surface area contributed by atoms with Crippen LogP contribution >= 0.6 is 0 Å². The number of hydrogen-bond acceptors (Lipinski definition) is 6. The number of fused-ring (bicyclic) bond motifs is 2. The second-order valence-electron chi connectivity index (χ2n) is 7.30. The minimum atomic E-state index is 0.629. The summed E-state index contributed by atoms with van der Waals surface area (Å²) in [6.45, 7) is 0. The summed E-state index contributed by atoms with van der Waals surface area (Å²) in [5.41, 5.74) is 4.16. The van der Waals surface area contributed by atoms with Gasteiger partial charge in [0.1, 0.15) is 5.82 Å². The zero-order valence-electron chi connectivity index (χ0n) is 17.1. The lowest BCUT2D eigenvalue weighted by atomic mass is 9.97. The van der Waals surface area contributed by atoms with Gasteiger partial charge in [0.15, 0.2) is 5.82 Å². The Hall–Kier alpha value is -3.67. The Morgan fingerprint density at radius 2 is 1.41 bits per heavy atom. The fraction of sp³-hybridized carbons (Fsp3) is 0.174. The molecular weight excluding hydrogens is 360 g/mol. The number of hydrazone groups is 1. The summed E-state index contributed by atoms with van der Waals surface area (Å²) in [6.07, 6.45) is 1.87. The second kappa shape index (κ2) is 7.75. The molecule has 0 radical (unpaired) electrons. The van der Waals surface area contributed by atoms with Crippen molar-refractivity contribution in [3.05, 3.63) is 66.2 Å². The van der Waals surface area contributed by atoms with Crippen molar-refractivity contribution >= 4 is 45.3 Å². The molecule has 0 saturated heterocycles. The van der Waals surface area contributed by atoms with Gasteiger partial charge in [0, 0.05) is 39.8 Å². The third-order valence-electron chi connectivity index (χ3n) is 4.74. The first-order chi connectivity index (χ1) is 14.0. The van der Waals surface area contributed by atoms with Crippen LogP contribution < -0.4 is 15.2 Å². The Bertz CT molecular complexity index is 1120. The van der Waals surface area contributed by atoms with E-state index in [9.17, 15) is 0 Å². The van der Waals surface area contributed by atoms with E-state index >= 15 is 0 Å². The van der Waals surface area contributed by atoms with Crippen LogP contribution in [0.1, 0.15) is 5.56 Å². The van der Waals surface area contributed by atoms with Gasteiger partial charge in [-0.15, -0.1) is 0 Å². The molecule has 0 unspecified atom stereocenters. The van der Waals surface area contributed by atoms with Crippen LogP contribution in [0.25, 0.3) is 21.5 Å². The van der Waals surface area contributed by atoms with Crippen LogP contribution in [0, 0.1) is 0 Å². The fourth-order valence-electron chi connectivity index (χ4n) is 3.26. The Morgan fingerprint density at radius 1 is 0.793 bits per heavy atom. The normalized spacial score (nSPS) is 11.3. The molecule has 6 heteroatoms. The second-order valence-corrected chi connectivity index (χ2v) is 7.30. The summed E-state index contributed by atoms with van der Waals surface area (Å²) in [5, 5.41) is 9.24. The smallest absolute Gasteiger partial charge is 0.228 e. The summed E-state index contributed by atoms with van der Waals surface area (Å²) in [5.74, 6) is 2.09. The van der Waals surface area contributed by atoms with Gasteiger partial charge in [0.2, 0.25) is 5.95 Å². The number of nitrogens with one attached hydrogen (secondary N) is 1. The number of anilines is 3. The van der Waals surface area contributed by atoms with Crippen LogP contribution in [0.4, 0.5) is 17.6 Å². The SMILES string of the molecule is CN(C)c1cc(N/N=C\c2c3ccccc3cc3ccccc23)nc(N(C)C)n1. The number of benzene rings is 3. The van der Waals surface area contributed by atoms with Gasteiger partial charge in [0.25, 0.3) is 0 Å². The van der Waals surface area contributed by atoms with E-state index in [1.54, 1.807) is 0 Å². The number of aromatic nitrogens is 2. The molecule has 1 heterocycles. The average Bonchev–Trinajstić information content (AvgIpc) is 2.73. The highest BCUT2D eigenvalue weighted by Crippen LogP contribution is 2.27. The first-order valence-electron chi connectivity index (χ1n) is 9.46. The van der Waals surface area contributed by atoms with E-state index in [1.165, 1.54) is 21.5 Å². The molecular formula is C23H24N6. The molecule has 1 N–H and O–H groups in total. The third-order valence-corrected chi connectivity index (χ3v) is 4.74. The maximum Gasteiger partial charge on any atom is 0.228 e. The lowest BCUT2D eigenvalue weighted by Crippen LogP contribution is -2.17. The molecule has 0 aliphatic heterocycles. The third kappa shape index (κ3) is 3.82. The largest absolute Gasteiger partial charge is 0.363 e. The van der Waals surface area contributed by atoms with Crippen molar-refractivity contribution in [3.63, 3.8) is 0 Å². The van der Waals surface area contributed by atoms with E-state index in [1.807, 2.05) is 50.3 Å². The van der Waals surface area contributed by atoms with Crippen LogP contribution in [0.2, 0.25) is 0 Å². The van der Waals surface area contributed by atoms with Gasteiger partial charge in [-0.25, -0.2) is 0 Å². The molecule has 0 aliphatic rings. The first-order valence-corrected chi connectivity index (χ1v) is 9.46. The van der Waals surface area contributed by atoms with Gasteiger partial charge in [-0.3, -0.25) is 5.43 Å². The van der Waals surface area contributed by atoms with Crippen molar-refractivity contribution < 1.29 is 0 Å². The molecule has 146 valence electrons. The Morgan fingerprint density at radius 3 is 2.00 bits per heavy atom. The van der Waals surface area contributed by atoms with Gasteiger partial charge < -0.3 is 9.80 Å². The van der Waals surface area contributed by atoms with E-state index in [4.69, 9.17) is 0 Å². The van der Waals surface area contributed by atoms with Crippen molar-refractivity contribution in [2.75, 3.05) is 43.4 Å². The highest BCUT2D eigenvalue weighted by molar-refractivity contribution is 6.13. The number of nitrogens with zero attached hydrogens (tertiary/aromatic N) is 5. The van der Waals surface area contributed by atoms with Gasteiger partial charge in [-0.1, -0.05) is 48.5 Å². The predicted octanol–water partition coefficient (Wildman–Crippen LogP) is 4.36. The molecule has 4 rings (SSSR count). The van der Waals surface area contributed by atoms with Crippen LogP contribution in [0.15, 0.2) is 65.8 Å². The van der Waals surface area contributed by atoms with E-state index in [0.29, 0.717) is 11.8 Å². The lowest BCUT2D eigenvalue weighted by Gasteiger charge is -2.17. The molecule has 3 aromatic carbocycles. The minimum absolute atomic E-state index is 0.629. The Kier molecular flexibility index (Phi) is 4.99. The van der Waals surface area contributed by atoms with Gasteiger partial charge in [-0.05, 0) is 27.6 Å². The van der Waals surface area contributed by atoms with E-state index < -0.39 is 0 Å². The first kappa shape index (κ1) is 18.7. The molecule has 0 spiro atoms. The lowest BCUT2D eigenvalue weighted by molar-refractivity contribution is 0.966. The summed E-state index contributed by atoms with van der Waals surface area (Å²) < 4.78 is 0. The molecule has 0 atom stereocenters. The van der Waals surface area contributed by atoms with E-state index in [0.717, 1.165) is 11.4 Å². The predicted molar refractivity (Wildman–Crippen MR) is 123 cm³/mol. The zero-order chi connectivity index (χ0) is 20.4. The van der Waals surface area contributed by atoms with Crippen LogP contribution in [-0.2, 0) is 0 Å². The Balaban J connectivity index is 1.74. The van der Waals surface area contributed by atoms with Gasteiger partial charge in [0.05, 0.1) is 6.21 Å². The zero-order valence-corrected chi connectivity index (χ0v) is 17.1. The molecule has 0 amide bonds. The highest BCUT2D eigenvalue weighted by Gasteiger charge is 2.08. The maximum atomic E-state index is 4.53. The van der Waals surface area contributed by atoms with Crippen molar-refractivity contribution in [3.8, 4) is 0 Å². The number of hydrogen-bond donors (Lipinski definition) is 1. The van der Waals surface area contributed by atoms with E-state index in [-0.39, 0.29) is 0 Å². The number of rotatable bonds is 5. The van der Waals surface area contributed by atoms with Crippen LogP contribution in [-0.4, -0.2) is 44.4 Å². The van der Waals surface area contributed by atoms with Crippen LogP contribution in [0.5, 0.6) is 0 Å². The molecule has 0 fully saturated rings. The summed E-state index contributed by atoms with van der Waals surface area (Å²) in [7, 11) is 7.75. The van der Waals surface area contributed by atoms with Crippen molar-refractivity contribution in [2.24, 2.45) is 5.10 Å². The Labute approximate surface area is 170 Å². The summed E-state index contributed by atoms with van der Waals surface area (Å²) in [4.78, 5) is 12.9. The van der Waals surface area contributed by atoms with Crippen molar-refractivity contribution in [1.29, 1.82) is 0 Å². The maximum absolute atomic E-state index is 4.53. The molecule has 29 heavy (non-hydrogen) atoms. The molecule has 6 nitrogen and oxygen atoms in total. The molecule has 0 bridgehead atoms.